The van der Waals surface area contributed by atoms with Crippen LogP contribution in [0.25, 0.3) is 44.5 Å². The molecule has 0 radical (unpaired) electrons. The summed E-state index contributed by atoms with van der Waals surface area (Å²) in [4.78, 5) is 0. The number of rotatable bonds is 0. The van der Waals surface area contributed by atoms with Crippen LogP contribution in [0, 0.1) is 27.7 Å². The largest absolute Gasteiger partial charge is 0.0587 e. The van der Waals surface area contributed by atoms with Gasteiger partial charge in [-0.1, -0.05) is 95.1 Å². The van der Waals surface area contributed by atoms with Crippen molar-refractivity contribution in [3.8, 4) is 44.5 Å². The van der Waals surface area contributed by atoms with Gasteiger partial charge in [-0.2, -0.15) is 0 Å². The average molecular weight is 361 g/mol. The monoisotopic (exact) mass is 360 g/mol. The second-order valence-electron chi connectivity index (χ2n) is 8.20. The minimum Gasteiger partial charge on any atom is -0.0587 e. The molecule has 0 aromatic heterocycles. The number of hydrogen-bond donors (Lipinski definition) is 0. The van der Waals surface area contributed by atoms with E-state index in [2.05, 4.69) is 100 Å². The molecule has 0 bridgehead atoms. The van der Waals surface area contributed by atoms with Crippen molar-refractivity contribution < 1.29 is 0 Å². The zero-order valence-corrected chi connectivity index (χ0v) is 16.9. The number of fused-ring (bicyclic) bond motifs is 8. The van der Waals surface area contributed by atoms with E-state index in [1.807, 2.05) is 0 Å². The van der Waals surface area contributed by atoms with Gasteiger partial charge < -0.3 is 0 Å². The van der Waals surface area contributed by atoms with Crippen LogP contribution in [0.1, 0.15) is 22.3 Å². The molecule has 0 saturated carbocycles. The number of benzene rings is 4. The molecule has 0 atom stereocenters. The van der Waals surface area contributed by atoms with E-state index >= 15 is 0 Å². The molecular weight excluding hydrogens is 336 g/mol. The third kappa shape index (κ3) is 2.60. The highest BCUT2D eigenvalue weighted by Crippen LogP contribution is 2.48. The van der Waals surface area contributed by atoms with E-state index in [-0.39, 0.29) is 0 Å². The molecule has 136 valence electrons. The van der Waals surface area contributed by atoms with E-state index in [1.54, 1.807) is 0 Å². The van der Waals surface area contributed by atoms with Crippen molar-refractivity contribution in [1.29, 1.82) is 0 Å². The Morgan fingerprint density at radius 1 is 0.286 bits per heavy atom. The van der Waals surface area contributed by atoms with Crippen molar-refractivity contribution in [1.82, 2.24) is 0 Å². The Kier molecular flexibility index (Phi) is 3.77. The molecule has 0 heterocycles. The molecule has 0 N–H and O–H groups in total. The molecule has 0 saturated heterocycles. The predicted molar refractivity (Wildman–Crippen MR) is 121 cm³/mol. The van der Waals surface area contributed by atoms with Gasteiger partial charge in [-0.25, -0.2) is 0 Å². The van der Waals surface area contributed by atoms with E-state index in [1.165, 1.54) is 66.8 Å². The van der Waals surface area contributed by atoms with Crippen LogP contribution in [0.2, 0.25) is 0 Å². The first-order chi connectivity index (χ1) is 13.5. The topological polar surface area (TPSA) is 0 Å². The van der Waals surface area contributed by atoms with Gasteiger partial charge in [0, 0.05) is 0 Å². The Morgan fingerprint density at radius 3 is 0.714 bits per heavy atom. The van der Waals surface area contributed by atoms with Crippen molar-refractivity contribution in [3.05, 3.63) is 95.1 Å². The maximum atomic E-state index is 2.34. The first kappa shape index (κ1) is 17.0. The van der Waals surface area contributed by atoms with Crippen molar-refractivity contribution in [2.24, 2.45) is 0 Å². The fourth-order valence-corrected chi connectivity index (χ4v) is 4.46. The zero-order valence-electron chi connectivity index (χ0n) is 16.9. The summed E-state index contributed by atoms with van der Waals surface area (Å²) in [7, 11) is 0. The maximum Gasteiger partial charge on any atom is -0.00962 e. The molecule has 4 aromatic rings. The van der Waals surface area contributed by atoms with E-state index in [0.29, 0.717) is 0 Å². The lowest BCUT2D eigenvalue weighted by atomic mass is 9.79. The summed E-state index contributed by atoms with van der Waals surface area (Å²) in [5.41, 5.74) is 15.8. The molecule has 1 aliphatic carbocycles. The van der Waals surface area contributed by atoms with Gasteiger partial charge in [0.25, 0.3) is 0 Å². The average Bonchev–Trinajstić information content (AvgIpc) is 2.67. The van der Waals surface area contributed by atoms with Gasteiger partial charge in [0.05, 0.1) is 0 Å². The predicted octanol–water partition coefficient (Wildman–Crippen LogP) is 7.90. The van der Waals surface area contributed by atoms with Gasteiger partial charge in [-0.15, -0.1) is 0 Å². The van der Waals surface area contributed by atoms with E-state index < -0.39 is 0 Å². The Balaban J connectivity index is 2.01. The standard InChI is InChI=1S/C28H24/c1-17-5-9-21-22-10-6-19(3)15-27(22)28-16-20(4)8-12-24(28)23-11-7-18(2)14-26(23)25(21)13-17/h5-16H,1-4H3. The van der Waals surface area contributed by atoms with Gasteiger partial charge in [0.2, 0.25) is 0 Å². The number of aryl methyl sites for hydroxylation is 4. The normalized spacial score (nSPS) is 11.6. The van der Waals surface area contributed by atoms with Crippen LogP contribution in [0.4, 0.5) is 0 Å². The fourth-order valence-electron chi connectivity index (χ4n) is 4.46. The minimum atomic E-state index is 1.30. The zero-order chi connectivity index (χ0) is 19.4. The minimum absolute atomic E-state index is 1.30. The van der Waals surface area contributed by atoms with Gasteiger partial charge in [0.15, 0.2) is 0 Å². The van der Waals surface area contributed by atoms with Crippen LogP contribution in [-0.4, -0.2) is 0 Å². The second kappa shape index (κ2) is 6.21. The molecule has 4 aromatic carbocycles. The molecule has 0 aliphatic heterocycles. The smallest absolute Gasteiger partial charge is 0.00962 e. The Morgan fingerprint density at radius 2 is 0.500 bits per heavy atom. The highest BCUT2D eigenvalue weighted by atomic mass is 14.3. The number of hydrogen-bond acceptors (Lipinski definition) is 0. The van der Waals surface area contributed by atoms with Crippen LogP contribution in [0.5, 0.6) is 0 Å². The SMILES string of the molecule is Cc1ccc2c(c1)-c1cc(C)ccc1-c1ccc(C)cc1-c1cc(C)ccc1-2. The van der Waals surface area contributed by atoms with Gasteiger partial charge in [0.1, 0.15) is 0 Å². The fraction of sp³-hybridized carbons (Fsp3) is 0.143. The first-order valence-corrected chi connectivity index (χ1v) is 9.95. The highest BCUT2D eigenvalue weighted by Gasteiger charge is 2.22. The second-order valence-corrected chi connectivity index (χ2v) is 8.20. The molecule has 0 heteroatoms. The van der Waals surface area contributed by atoms with Crippen LogP contribution < -0.4 is 0 Å². The van der Waals surface area contributed by atoms with Crippen LogP contribution in [0.3, 0.4) is 0 Å². The summed E-state index contributed by atoms with van der Waals surface area (Å²) in [6.45, 7) is 8.73. The molecule has 1 aliphatic rings. The molecule has 0 amide bonds. The first-order valence-electron chi connectivity index (χ1n) is 9.95. The van der Waals surface area contributed by atoms with E-state index in [9.17, 15) is 0 Å². The molecular formula is C28H24. The van der Waals surface area contributed by atoms with Crippen molar-refractivity contribution in [2.75, 3.05) is 0 Å². The Labute approximate surface area is 167 Å². The van der Waals surface area contributed by atoms with E-state index in [4.69, 9.17) is 0 Å². The molecule has 0 fully saturated rings. The van der Waals surface area contributed by atoms with Crippen molar-refractivity contribution >= 4 is 0 Å². The third-order valence-corrected chi connectivity index (χ3v) is 5.86. The summed E-state index contributed by atoms with van der Waals surface area (Å²) in [5, 5.41) is 0. The van der Waals surface area contributed by atoms with E-state index in [0.717, 1.165) is 0 Å². The van der Waals surface area contributed by atoms with Crippen LogP contribution >= 0.6 is 0 Å². The van der Waals surface area contributed by atoms with Crippen LogP contribution in [-0.2, 0) is 0 Å². The molecule has 0 nitrogen and oxygen atoms in total. The third-order valence-electron chi connectivity index (χ3n) is 5.86. The summed E-state index contributed by atoms with van der Waals surface area (Å²) < 4.78 is 0. The maximum absolute atomic E-state index is 2.34. The lowest BCUT2D eigenvalue weighted by Crippen LogP contribution is -1.99. The lowest BCUT2D eigenvalue weighted by Gasteiger charge is -2.24. The lowest BCUT2D eigenvalue weighted by molar-refractivity contribution is 1.40. The molecule has 0 spiro atoms. The summed E-state index contributed by atoms with van der Waals surface area (Å²) in [5.74, 6) is 0. The van der Waals surface area contributed by atoms with Crippen molar-refractivity contribution in [3.63, 3.8) is 0 Å². The van der Waals surface area contributed by atoms with Crippen LogP contribution in [0.15, 0.2) is 72.8 Å². The van der Waals surface area contributed by atoms with Crippen molar-refractivity contribution in [2.45, 2.75) is 27.7 Å². The summed E-state index contributed by atoms with van der Waals surface area (Å²) >= 11 is 0. The van der Waals surface area contributed by atoms with Gasteiger partial charge >= 0.3 is 0 Å². The summed E-state index contributed by atoms with van der Waals surface area (Å²) in [6, 6.07) is 27.5. The Bertz CT molecular complexity index is 1040. The van der Waals surface area contributed by atoms with Gasteiger partial charge in [-0.05, 0) is 72.2 Å². The van der Waals surface area contributed by atoms with Gasteiger partial charge in [-0.3, -0.25) is 0 Å². The highest BCUT2D eigenvalue weighted by molar-refractivity contribution is 6.03. The quantitative estimate of drug-likeness (QED) is 0.263. The molecule has 5 rings (SSSR count). The Hall–Kier alpha value is -3.12. The molecule has 0 unspecified atom stereocenters. The summed E-state index contributed by atoms with van der Waals surface area (Å²) in [6.07, 6.45) is 0. The molecule has 28 heavy (non-hydrogen) atoms.